The lowest BCUT2D eigenvalue weighted by atomic mass is 10.2. The fourth-order valence-corrected chi connectivity index (χ4v) is 3.33. The number of hydrogen-bond donors (Lipinski definition) is 1. The van der Waals surface area contributed by atoms with Crippen molar-refractivity contribution < 1.29 is 13.0 Å². The molecule has 2 rings (SSSR count). The van der Waals surface area contributed by atoms with Gasteiger partial charge in [0.1, 0.15) is 11.6 Å². The Morgan fingerprint density at radius 3 is 2.53 bits per heavy atom. The third-order valence-corrected chi connectivity index (χ3v) is 4.29. The Labute approximate surface area is 120 Å². The average molecular weight is 346 g/mol. The predicted molar refractivity (Wildman–Crippen MR) is 75.0 cm³/mol. The summed E-state index contributed by atoms with van der Waals surface area (Å²) in [6.07, 6.45) is 0. The number of halogens is 3. The van der Waals surface area contributed by atoms with Crippen molar-refractivity contribution >= 4 is 32.4 Å². The van der Waals surface area contributed by atoms with Crippen LogP contribution in [0.3, 0.4) is 0 Å². The first-order valence-electron chi connectivity index (χ1n) is 5.34. The Bertz CT molecular complexity index is 628. The van der Waals surface area contributed by atoms with Crippen LogP contribution in [-0.2, 0) is 16.6 Å². The highest BCUT2D eigenvalue weighted by molar-refractivity contribution is 9.10. The van der Waals surface area contributed by atoms with Crippen LogP contribution in [0.5, 0.6) is 0 Å². The fourth-order valence-electron chi connectivity index (χ4n) is 1.65. The number of hydrogen-bond acceptors (Lipinski definition) is 2. The topological polar surface area (TPSA) is 43.1 Å². The van der Waals surface area contributed by atoms with Crippen molar-refractivity contribution in [2.24, 2.45) is 0 Å². The summed E-state index contributed by atoms with van der Waals surface area (Å²) in [5.41, 5.74) is 6.92. The SMILES string of the molecule is Nc1cc(Br)cc(CS(=O)c2ccc(F)cc2F)c1. The van der Waals surface area contributed by atoms with Crippen LogP contribution in [-0.4, -0.2) is 4.21 Å². The molecule has 0 amide bonds. The third kappa shape index (κ3) is 3.61. The lowest BCUT2D eigenvalue weighted by Gasteiger charge is -2.06. The van der Waals surface area contributed by atoms with Gasteiger partial charge in [-0.25, -0.2) is 8.78 Å². The summed E-state index contributed by atoms with van der Waals surface area (Å²) < 4.78 is 39.1. The Morgan fingerprint density at radius 1 is 1.16 bits per heavy atom. The van der Waals surface area contributed by atoms with Crippen LogP contribution in [0.15, 0.2) is 45.8 Å². The number of nitrogens with two attached hydrogens (primary N) is 1. The molecule has 0 saturated carbocycles. The van der Waals surface area contributed by atoms with Gasteiger partial charge in [0.05, 0.1) is 21.4 Å². The van der Waals surface area contributed by atoms with Crippen LogP contribution in [0.4, 0.5) is 14.5 Å². The first kappa shape index (κ1) is 14.1. The number of rotatable bonds is 3. The van der Waals surface area contributed by atoms with E-state index < -0.39 is 22.4 Å². The maximum atomic E-state index is 13.5. The Morgan fingerprint density at radius 2 is 1.89 bits per heavy atom. The molecule has 0 spiro atoms. The standard InChI is InChI=1S/C13H10BrF2NOS/c14-9-3-8(4-11(17)5-9)7-19(18)13-2-1-10(15)6-12(13)16/h1-6H,7,17H2. The zero-order valence-electron chi connectivity index (χ0n) is 9.70. The molecule has 100 valence electrons. The van der Waals surface area contributed by atoms with Crippen LogP contribution in [0.25, 0.3) is 0 Å². The molecule has 0 bridgehead atoms. The number of nitrogen functional groups attached to an aromatic ring is 1. The van der Waals surface area contributed by atoms with E-state index >= 15 is 0 Å². The van der Waals surface area contributed by atoms with Crippen LogP contribution < -0.4 is 5.73 Å². The summed E-state index contributed by atoms with van der Waals surface area (Å²) in [5.74, 6) is -1.38. The van der Waals surface area contributed by atoms with Crippen molar-refractivity contribution in [3.8, 4) is 0 Å². The molecule has 0 aliphatic rings. The smallest absolute Gasteiger partial charge is 0.142 e. The van der Waals surface area contributed by atoms with Crippen molar-refractivity contribution in [1.29, 1.82) is 0 Å². The van der Waals surface area contributed by atoms with Crippen LogP contribution in [0.1, 0.15) is 5.56 Å². The molecule has 0 saturated heterocycles. The molecule has 19 heavy (non-hydrogen) atoms. The highest BCUT2D eigenvalue weighted by Gasteiger charge is 2.12. The maximum Gasteiger partial charge on any atom is 0.142 e. The van der Waals surface area contributed by atoms with E-state index in [1.165, 1.54) is 6.07 Å². The molecule has 2 aromatic rings. The molecular weight excluding hydrogens is 336 g/mol. The monoisotopic (exact) mass is 345 g/mol. The second kappa shape index (κ2) is 5.79. The second-order valence-electron chi connectivity index (χ2n) is 3.96. The fraction of sp³-hybridized carbons (Fsp3) is 0.0769. The molecule has 2 nitrogen and oxygen atoms in total. The van der Waals surface area contributed by atoms with Crippen molar-refractivity contribution in [1.82, 2.24) is 0 Å². The zero-order chi connectivity index (χ0) is 14.0. The minimum atomic E-state index is -1.59. The van der Waals surface area contributed by atoms with Crippen LogP contribution in [0, 0.1) is 11.6 Å². The van der Waals surface area contributed by atoms with Gasteiger partial charge in [0, 0.05) is 16.2 Å². The van der Waals surface area contributed by atoms with Gasteiger partial charge in [0.2, 0.25) is 0 Å². The summed E-state index contributed by atoms with van der Waals surface area (Å²) in [5, 5.41) is 0. The minimum Gasteiger partial charge on any atom is -0.399 e. The third-order valence-electron chi connectivity index (χ3n) is 2.42. The van der Waals surface area contributed by atoms with Gasteiger partial charge in [-0.2, -0.15) is 0 Å². The molecule has 0 aliphatic heterocycles. The van der Waals surface area contributed by atoms with E-state index in [-0.39, 0.29) is 10.6 Å². The summed E-state index contributed by atoms with van der Waals surface area (Å²) >= 11 is 3.28. The summed E-state index contributed by atoms with van der Waals surface area (Å²) in [6, 6.07) is 8.15. The highest BCUT2D eigenvalue weighted by atomic mass is 79.9. The van der Waals surface area contributed by atoms with E-state index in [0.717, 1.165) is 16.6 Å². The molecule has 1 atom stereocenters. The van der Waals surface area contributed by atoms with Crippen LogP contribution >= 0.6 is 15.9 Å². The molecule has 0 aliphatic carbocycles. The Hall–Kier alpha value is -1.27. The lowest BCUT2D eigenvalue weighted by molar-refractivity contribution is 0.562. The van der Waals surface area contributed by atoms with E-state index in [0.29, 0.717) is 11.3 Å². The molecular formula is C13H10BrF2NOS. The van der Waals surface area contributed by atoms with E-state index in [1.807, 2.05) is 0 Å². The second-order valence-corrected chi connectivity index (χ2v) is 6.29. The molecule has 2 aromatic carbocycles. The van der Waals surface area contributed by atoms with Gasteiger partial charge in [-0.1, -0.05) is 15.9 Å². The van der Waals surface area contributed by atoms with E-state index in [4.69, 9.17) is 5.73 Å². The average Bonchev–Trinajstić information content (AvgIpc) is 2.26. The van der Waals surface area contributed by atoms with Gasteiger partial charge in [0.15, 0.2) is 0 Å². The van der Waals surface area contributed by atoms with Gasteiger partial charge < -0.3 is 5.73 Å². The number of anilines is 1. The number of benzene rings is 2. The van der Waals surface area contributed by atoms with Gasteiger partial charge >= 0.3 is 0 Å². The zero-order valence-corrected chi connectivity index (χ0v) is 12.1. The molecule has 0 fully saturated rings. The van der Waals surface area contributed by atoms with E-state index in [9.17, 15) is 13.0 Å². The van der Waals surface area contributed by atoms with Crippen molar-refractivity contribution in [2.75, 3.05) is 5.73 Å². The first-order valence-corrected chi connectivity index (χ1v) is 7.45. The molecule has 0 radical (unpaired) electrons. The summed E-state index contributed by atoms with van der Waals surface area (Å²) in [7, 11) is -1.59. The molecule has 0 aromatic heterocycles. The lowest BCUT2D eigenvalue weighted by Crippen LogP contribution is -2.00. The molecule has 2 N–H and O–H groups in total. The van der Waals surface area contributed by atoms with Crippen molar-refractivity contribution in [3.05, 3.63) is 58.1 Å². The van der Waals surface area contributed by atoms with Gasteiger partial charge in [-0.3, -0.25) is 4.21 Å². The predicted octanol–water partition coefficient (Wildman–Crippen LogP) is 3.62. The van der Waals surface area contributed by atoms with E-state index in [2.05, 4.69) is 15.9 Å². The Kier molecular flexibility index (Phi) is 4.31. The van der Waals surface area contributed by atoms with Crippen molar-refractivity contribution in [3.63, 3.8) is 0 Å². The Balaban J connectivity index is 2.25. The maximum absolute atomic E-state index is 13.5. The largest absolute Gasteiger partial charge is 0.399 e. The highest BCUT2D eigenvalue weighted by Crippen LogP contribution is 2.21. The summed E-state index contributed by atoms with van der Waals surface area (Å²) in [4.78, 5) is -0.0139. The molecule has 0 heterocycles. The van der Waals surface area contributed by atoms with Gasteiger partial charge in [-0.05, 0) is 35.9 Å². The molecule has 1 unspecified atom stereocenters. The van der Waals surface area contributed by atoms with E-state index in [1.54, 1.807) is 18.2 Å². The summed E-state index contributed by atoms with van der Waals surface area (Å²) in [6.45, 7) is 0. The van der Waals surface area contributed by atoms with Crippen molar-refractivity contribution in [2.45, 2.75) is 10.6 Å². The van der Waals surface area contributed by atoms with Crippen LogP contribution in [0.2, 0.25) is 0 Å². The normalized spacial score (nSPS) is 12.4. The minimum absolute atomic E-state index is 0.0139. The van der Waals surface area contributed by atoms with Gasteiger partial charge in [-0.15, -0.1) is 0 Å². The first-order chi connectivity index (χ1) is 8.95. The quantitative estimate of drug-likeness (QED) is 0.863. The molecule has 6 heteroatoms. The van der Waals surface area contributed by atoms with Gasteiger partial charge in [0.25, 0.3) is 0 Å².